The van der Waals surface area contributed by atoms with Crippen molar-refractivity contribution in [3.63, 3.8) is 0 Å². The Labute approximate surface area is 312 Å². The van der Waals surface area contributed by atoms with Crippen molar-refractivity contribution in [2.45, 2.75) is 104 Å². The molecule has 13 rings (SSSR count). The highest BCUT2D eigenvalue weighted by molar-refractivity contribution is 6.37. The van der Waals surface area contributed by atoms with Crippen LogP contribution in [0.4, 0.5) is 0 Å². The predicted octanol–water partition coefficient (Wildman–Crippen LogP) is 11.6. The lowest BCUT2D eigenvalue weighted by molar-refractivity contribution is 0.591. The maximum atomic E-state index is 5.67. The molecule has 0 atom stereocenters. The standard InChI is InChI=1S/C48H44N6/c1-47(2,3)27-17-21-33-31(23-27)37-41-44(54-36-20-16-26-12-8-10-14-30(26)40(36)49-45(54)51(33)41)38-32-24-28(48(4,5)6)18-22-34(32)52-42(38)43(37)53-35-19-15-25-11-7-9-13-29(25)39(35)50-46(52)53/h15-24H,7-14H2,1-6H3. The second-order valence-corrected chi connectivity index (χ2v) is 18.8. The van der Waals surface area contributed by atoms with Gasteiger partial charge in [0.25, 0.3) is 0 Å². The van der Waals surface area contributed by atoms with Crippen LogP contribution in [0.3, 0.4) is 0 Å². The van der Waals surface area contributed by atoms with E-state index in [1.807, 2.05) is 0 Å². The van der Waals surface area contributed by atoms with Crippen molar-refractivity contribution in [3.8, 4) is 0 Å². The van der Waals surface area contributed by atoms with Crippen molar-refractivity contribution in [2.75, 3.05) is 0 Å². The molecule has 5 aromatic carbocycles. The summed E-state index contributed by atoms with van der Waals surface area (Å²) in [6.45, 7) is 14.0. The quantitative estimate of drug-likeness (QED) is 0.158. The average Bonchev–Trinajstić information content (AvgIpc) is 3.98. The maximum absolute atomic E-state index is 5.67. The molecule has 2 aliphatic carbocycles. The van der Waals surface area contributed by atoms with E-state index in [1.165, 1.54) is 136 Å². The first-order valence-corrected chi connectivity index (χ1v) is 20.3. The molecule has 0 saturated carbocycles. The van der Waals surface area contributed by atoms with E-state index in [-0.39, 0.29) is 10.8 Å². The van der Waals surface area contributed by atoms with Gasteiger partial charge in [-0.2, -0.15) is 0 Å². The Hall–Kier alpha value is -5.36. The number of nitrogens with zero attached hydrogens (tertiary/aromatic N) is 6. The largest absolute Gasteiger partial charge is 0.277 e. The zero-order valence-corrected chi connectivity index (χ0v) is 32.1. The van der Waals surface area contributed by atoms with Gasteiger partial charge in [-0.15, -0.1) is 0 Å². The molecular formula is C48H44N6. The Bertz CT molecular complexity index is 3220. The van der Waals surface area contributed by atoms with E-state index in [9.17, 15) is 0 Å². The van der Waals surface area contributed by atoms with Gasteiger partial charge in [0.05, 0.1) is 55.2 Å². The van der Waals surface area contributed by atoms with Gasteiger partial charge >= 0.3 is 0 Å². The van der Waals surface area contributed by atoms with Crippen molar-refractivity contribution in [1.82, 2.24) is 27.6 Å². The van der Waals surface area contributed by atoms with Crippen LogP contribution < -0.4 is 0 Å². The minimum absolute atomic E-state index is 0.0103. The van der Waals surface area contributed by atoms with Gasteiger partial charge in [0.15, 0.2) is 0 Å². The van der Waals surface area contributed by atoms with Gasteiger partial charge in [-0.1, -0.05) is 65.8 Å². The summed E-state index contributed by atoms with van der Waals surface area (Å²) in [5.74, 6) is 2.05. The van der Waals surface area contributed by atoms with E-state index < -0.39 is 0 Å². The molecule has 54 heavy (non-hydrogen) atoms. The van der Waals surface area contributed by atoms with Gasteiger partial charge in [0.1, 0.15) is 0 Å². The first-order valence-electron chi connectivity index (χ1n) is 20.3. The van der Waals surface area contributed by atoms with E-state index in [2.05, 4.69) is 120 Å². The van der Waals surface area contributed by atoms with Crippen LogP contribution in [-0.4, -0.2) is 27.6 Å². The van der Waals surface area contributed by atoms with E-state index in [0.717, 1.165) is 37.2 Å². The zero-order valence-electron chi connectivity index (χ0n) is 32.1. The molecule has 11 aromatic rings. The summed E-state index contributed by atoms with van der Waals surface area (Å²) in [4.78, 5) is 11.3. The summed E-state index contributed by atoms with van der Waals surface area (Å²) >= 11 is 0. The molecule has 266 valence electrons. The van der Waals surface area contributed by atoms with E-state index >= 15 is 0 Å². The highest BCUT2D eigenvalue weighted by atomic mass is 15.2. The van der Waals surface area contributed by atoms with Crippen LogP contribution in [0.1, 0.15) is 101 Å². The van der Waals surface area contributed by atoms with Crippen LogP contribution in [0, 0.1) is 0 Å². The summed E-state index contributed by atoms with van der Waals surface area (Å²) in [6, 6.07) is 24.0. The molecule has 0 amide bonds. The molecule has 6 heteroatoms. The van der Waals surface area contributed by atoms with Gasteiger partial charge in [-0.05, 0) is 132 Å². The third-order valence-electron chi connectivity index (χ3n) is 13.7. The molecule has 6 aromatic heterocycles. The van der Waals surface area contributed by atoms with Gasteiger partial charge in [-0.3, -0.25) is 17.6 Å². The fraction of sp³-hybridized carbons (Fsp3) is 0.333. The lowest BCUT2D eigenvalue weighted by Gasteiger charge is -2.19. The summed E-state index contributed by atoms with van der Waals surface area (Å²) in [5.41, 5.74) is 21.0. The van der Waals surface area contributed by atoms with Crippen LogP contribution >= 0.6 is 0 Å². The molecule has 0 bridgehead atoms. The average molecular weight is 705 g/mol. The highest BCUT2D eigenvalue weighted by Gasteiger charge is 2.33. The molecule has 0 spiro atoms. The molecule has 0 unspecified atom stereocenters. The minimum Gasteiger partial charge on any atom is -0.277 e. The number of hydrogen-bond donors (Lipinski definition) is 0. The molecule has 0 saturated heterocycles. The van der Waals surface area contributed by atoms with E-state index in [4.69, 9.17) is 9.97 Å². The Morgan fingerprint density at radius 3 is 1.22 bits per heavy atom. The highest BCUT2D eigenvalue weighted by Crippen LogP contribution is 2.50. The van der Waals surface area contributed by atoms with Crippen molar-refractivity contribution in [2.24, 2.45) is 0 Å². The summed E-state index contributed by atoms with van der Waals surface area (Å²) in [5, 5.41) is 5.23. The van der Waals surface area contributed by atoms with Crippen LogP contribution in [0.2, 0.25) is 0 Å². The van der Waals surface area contributed by atoms with Crippen molar-refractivity contribution >= 4 is 88.3 Å². The summed E-state index contributed by atoms with van der Waals surface area (Å²) in [6.07, 6.45) is 9.50. The third-order valence-corrected chi connectivity index (χ3v) is 13.7. The van der Waals surface area contributed by atoms with Gasteiger partial charge in [0, 0.05) is 21.5 Å². The Morgan fingerprint density at radius 2 is 0.815 bits per heavy atom. The first kappa shape index (κ1) is 30.0. The summed E-state index contributed by atoms with van der Waals surface area (Å²) < 4.78 is 10.1. The SMILES string of the molecule is CC(C)(C)c1ccc2c(c1)c1c3c4c(c5cc(C(C)(C)C)ccc5n4c4nc5c6c(ccc5n34)CCCC6)c3c1n2c1nc2c4c(ccc2n31)CCCC4. The molecule has 0 aliphatic heterocycles. The van der Waals surface area contributed by atoms with Crippen molar-refractivity contribution in [3.05, 3.63) is 94.0 Å². The molecule has 2 aliphatic rings. The number of hydrogen-bond acceptors (Lipinski definition) is 2. The first-order chi connectivity index (χ1) is 26.1. The number of aryl methyl sites for hydroxylation is 4. The van der Waals surface area contributed by atoms with Gasteiger partial charge in [0.2, 0.25) is 11.6 Å². The number of benzene rings is 5. The van der Waals surface area contributed by atoms with E-state index in [1.54, 1.807) is 0 Å². The smallest absolute Gasteiger partial charge is 0.220 e. The van der Waals surface area contributed by atoms with Crippen LogP contribution in [0.15, 0.2) is 60.7 Å². The normalized spacial score (nSPS) is 16.1. The lowest BCUT2D eigenvalue weighted by Crippen LogP contribution is -2.10. The van der Waals surface area contributed by atoms with Crippen molar-refractivity contribution in [1.29, 1.82) is 0 Å². The number of rotatable bonds is 0. The van der Waals surface area contributed by atoms with Gasteiger partial charge < -0.3 is 0 Å². The third kappa shape index (κ3) is 3.42. The topological polar surface area (TPSA) is 43.4 Å². The second kappa shape index (κ2) is 9.46. The second-order valence-electron chi connectivity index (χ2n) is 18.8. The molecular weight excluding hydrogens is 661 g/mol. The number of fused-ring (bicyclic) bond motifs is 22. The van der Waals surface area contributed by atoms with Crippen molar-refractivity contribution < 1.29 is 0 Å². The fourth-order valence-corrected chi connectivity index (χ4v) is 11.0. The minimum atomic E-state index is 0.0103. The van der Waals surface area contributed by atoms with Crippen LogP contribution in [0.25, 0.3) is 88.3 Å². The maximum Gasteiger partial charge on any atom is 0.220 e. The van der Waals surface area contributed by atoms with Gasteiger partial charge in [-0.25, -0.2) is 9.97 Å². The summed E-state index contributed by atoms with van der Waals surface area (Å²) in [7, 11) is 0. The lowest BCUT2D eigenvalue weighted by atomic mass is 9.86. The molecule has 0 N–H and O–H groups in total. The molecule has 0 fully saturated rings. The molecule has 6 heterocycles. The predicted molar refractivity (Wildman–Crippen MR) is 224 cm³/mol. The fourth-order valence-electron chi connectivity index (χ4n) is 11.0. The molecule has 6 nitrogen and oxygen atoms in total. The Morgan fingerprint density at radius 1 is 0.444 bits per heavy atom. The molecule has 0 radical (unpaired) electrons. The van der Waals surface area contributed by atoms with Crippen LogP contribution in [-0.2, 0) is 36.5 Å². The monoisotopic (exact) mass is 704 g/mol. The number of aromatic nitrogens is 6. The zero-order chi connectivity index (χ0) is 36.2. The Kier molecular flexibility index (Phi) is 5.26. The van der Waals surface area contributed by atoms with E-state index in [0.29, 0.717) is 0 Å². The number of imidazole rings is 4. The Balaban J connectivity index is 1.36. The van der Waals surface area contributed by atoms with Crippen LogP contribution in [0.5, 0.6) is 0 Å².